The molecule has 0 atom stereocenters. The van der Waals surface area contributed by atoms with Crippen molar-refractivity contribution < 1.29 is 0 Å². The van der Waals surface area contributed by atoms with Crippen LogP contribution in [0, 0.1) is 6.92 Å². The van der Waals surface area contributed by atoms with E-state index >= 15 is 0 Å². The number of aromatic nitrogens is 1. The molecule has 1 heterocycles. The third-order valence-electron chi connectivity index (χ3n) is 2.38. The average Bonchev–Trinajstić information content (AvgIpc) is 2.61. The van der Waals surface area contributed by atoms with Crippen LogP contribution in [0.1, 0.15) is 17.4 Å². The van der Waals surface area contributed by atoms with E-state index in [1.807, 2.05) is 12.1 Å². The molecule has 0 amide bonds. The number of benzene rings is 1. The van der Waals surface area contributed by atoms with E-state index in [4.69, 9.17) is 0 Å². The lowest BCUT2D eigenvalue weighted by molar-refractivity contribution is 1.17. The van der Waals surface area contributed by atoms with E-state index in [0.717, 1.165) is 22.6 Å². The van der Waals surface area contributed by atoms with E-state index in [1.54, 1.807) is 0 Å². The van der Waals surface area contributed by atoms with Crippen LogP contribution in [0.3, 0.4) is 0 Å². The third kappa shape index (κ3) is 2.02. The Labute approximate surface area is 92.6 Å². The Hall–Kier alpha value is -1.35. The summed E-state index contributed by atoms with van der Waals surface area (Å²) in [4.78, 5) is 15.3. The molecule has 0 saturated carbocycles. The standard InChI is InChI=1S/C12H13NOS/c1-3-10-11(13-12(14)15-10)9-6-4-8(2)5-7-9/h4-7H,3H2,1-2H3,(H,13,14). The molecule has 0 fully saturated rings. The first-order valence-electron chi connectivity index (χ1n) is 4.99. The summed E-state index contributed by atoms with van der Waals surface area (Å²) in [7, 11) is 0. The van der Waals surface area contributed by atoms with Gasteiger partial charge >= 0.3 is 4.87 Å². The minimum atomic E-state index is 0.0300. The van der Waals surface area contributed by atoms with Crippen LogP contribution in [-0.2, 0) is 6.42 Å². The molecule has 15 heavy (non-hydrogen) atoms. The van der Waals surface area contributed by atoms with Crippen molar-refractivity contribution in [2.24, 2.45) is 0 Å². The molecule has 0 aliphatic rings. The molecular weight excluding hydrogens is 206 g/mol. The predicted octanol–water partition coefficient (Wildman–Crippen LogP) is 2.97. The molecule has 1 N–H and O–H groups in total. The maximum Gasteiger partial charge on any atom is 0.305 e. The second-order valence-corrected chi connectivity index (χ2v) is 4.60. The molecule has 0 bridgehead atoms. The summed E-state index contributed by atoms with van der Waals surface area (Å²) >= 11 is 1.30. The second kappa shape index (κ2) is 4.03. The highest BCUT2D eigenvalue weighted by molar-refractivity contribution is 7.09. The SMILES string of the molecule is CCc1sc(=O)[nH]c1-c1ccc(C)cc1. The summed E-state index contributed by atoms with van der Waals surface area (Å²) in [6, 6.07) is 8.22. The lowest BCUT2D eigenvalue weighted by Crippen LogP contribution is -1.92. The molecule has 2 nitrogen and oxygen atoms in total. The number of rotatable bonds is 2. The highest BCUT2D eigenvalue weighted by Crippen LogP contribution is 2.23. The molecule has 2 rings (SSSR count). The van der Waals surface area contributed by atoms with E-state index in [1.165, 1.54) is 16.9 Å². The fraction of sp³-hybridized carbons (Fsp3) is 0.250. The maximum absolute atomic E-state index is 11.3. The van der Waals surface area contributed by atoms with Crippen LogP contribution in [0.25, 0.3) is 11.3 Å². The lowest BCUT2D eigenvalue weighted by atomic mass is 10.1. The second-order valence-electron chi connectivity index (χ2n) is 3.53. The fourth-order valence-corrected chi connectivity index (χ4v) is 2.35. The zero-order chi connectivity index (χ0) is 10.8. The van der Waals surface area contributed by atoms with Crippen molar-refractivity contribution in [3.8, 4) is 11.3 Å². The van der Waals surface area contributed by atoms with Crippen LogP contribution in [0.4, 0.5) is 0 Å². The van der Waals surface area contributed by atoms with Crippen LogP contribution < -0.4 is 4.87 Å². The quantitative estimate of drug-likeness (QED) is 0.827. The minimum Gasteiger partial charge on any atom is -0.312 e. The van der Waals surface area contributed by atoms with E-state index in [0.29, 0.717) is 0 Å². The molecule has 78 valence electrons. The summed E-state index contributed by atoms with van der Waals surface area (Å²) < 4.78 is 0. The molecule has 1 aromatic carbocycles. The summed E-state index contributed by atoms with van der Waals surface area (Å²) in [6.45, 7) is 4.12. The molecule has 0 unspecified atom stereocenters. The highest BCUT2D eigenvalue weighted by Gasteiger charge is 2.07. The highest BCUT2D eigenvalue weighted by atomic mass is 32.1. The Kier molecular flexibility index (Phi) is 2.73. The Balaban J connectivity index is 2.53. The molecule has 0 aliphatic carbocycles. The van der Waals surface area contributed by atoms with Gasteiger partial charge in [0, 0.05) is 4.88 Å². The average molecular weight is 219 g/mol. The number of hydrogen-bond acceptors (Lipinski definition) is 2. The van der Waals surface area contributed by atoms with Crippen LogP contribution >= 0.6 is 11.3 Å². The first-order chi connectivity index (χ1) is 7.20. The van der Waals surface area contributed by atoms with Gasteiger partial charge < -0.3 is 4.98 Å². The smallest absolute Gasteiger partial charge is 0.305 e. The Morgan fingerprint density at radius 1 is 1.27 bits per heavy atom. The summed E-state index contributed by atoms with van der Waals surface area (Å²) in [5.41, 5.74) is 3.30. The molecule has 0 saturated heterocycles. The minimum absolute atomic E-state index is 0.0300. The first-order valence-corrected chi connectivity index (χ1v) is 5.81. The molecule has 3 heteroatoms. The van der Waals surface area contributed by atoms with Crippen molar-refractivity contribution in [1.82, 2.24) is 4.98 Å². The van der Waals surface area contributed by atoms with Crippen molar-refractivity contribution in [3.63, 3.8) is 0 Å². The van der Waals surface area contributed by atoms with Gasteiger partial charge in [0.25, 0.3) is 0 Å². The van der Waals surface area contributed by atoms with E-state index < -0.39 is 0 Å². The lowest BCUT2D eigenvalue weighted by Gasteiger charge is -2.01. The molecular formula is C12H13NOS. The van der Waals surface area contributed by atoms with Crippen molar-refractivity contribution in [1.29, 1.82) is 0 Å². The van der Waals surface area contributed by atoms with Gasteiger partial charge in [-0.25, -0.2) is 0 Å². The Morgan fingerprint density at radius 2 is 1.93 bits per heavy atom. The number of aromatic amines is 1. The number of thiazole rings is 1. The number of aryl methyl sites for hydroxylation is 2. The molecule has 2 aromatic rings. The maximum atomic E-state index is 11.3. The van der Waals surface area contributed by atoms with E-state index in [2.05, 4.69) is 31.0 Å². The van der Waals surface area contributed by atoms with Crippen LogP contribution in [0.2, 0.25) is 0 Å². The number of nitrogens with one attached hydrogen (secondary N) is 1. The van der Waals surface area contributed by atoms with Crippen LogP contribution in [0.5, 0.6) is 0 Å². The van der Waals surface area contributed by atoms with Crippen molar-refractivity contribution in [2.75, 3.05) is 0 Å². The normalized spacial score (nSPS) is 10.5. The topological polar surface area (TPSA) is 32.9 Å². The molecule has 0 aliphatic heterocycles. The van der Waals surface area contributed by atoms with E-state index in [9.17, 15) is 4.79 Å². The van der Waals surface area contributed by atoms with Gasteiger partial charge in [-0.05, 0) is 18.9 Å². The van der Waals surface area contributed by atoms with Crippen molar-refractivity contribution >= 4 is 11.3 Å². The van der Waals surface area contributed by atoms with Gasteiger partial charge in [0.05, 0.1) is 5.69 Å². The largest absolute Gasteiger partial charge is 0.312 e. The Morgan fingerprint density at radius 3 is 2.53 bits per heavy atom. The van der Waals surface area contributed by atoms with Crippen molar-refractivity contribution in [2.45, 2.75) is 20.3 Å². The van der Waals surface area contributed by atoms with Gasteiger partial charge in [-0.2, -0.15) is 0 Å². The van der Waals surface area contributed by atoms with Crippen molar-refractivity contribution in [3.05, 3.63) is 44.4 Å². The summed E-state index contributed by atoms with van der Waals surface area (Å²) in [6.07, 6.45) is 0.895. The van der Waals surface area contributed by atoms with Gasteiger partial charge in [0.2, 0.25) is 0 Å². The van der Waals surface area contributed by atoms with Crippen LogP contribution in [0.15, 0.2) is 29.1 Å². The number of H-pyrrole nitrogens is 1. The van der Waals surface area contributed by atoms with Crippen LogP contribution in [-0.4, -0.2) is 4.98 Å². The summed E-state index contributed by atoms with van der Waals surface area (Å²) in [5, 5.41) is 0. The monoisotopic (exact) mass is 219 g/mol. The molecule has 0 radical (unpaired) electrons. The predicted molar refractivity (Wildman–Crippen MR) is 64.5 cm³/mol. The molecule has 0 spiro atoms. The Bertz CT molecular complexity index is 507. The zero-order valence-corrected chi connectivity index (χ0v) is 9.65. The third-order valence-corrected chi connectivity index (χ3v) is 3.41. The first kappa shape index (κ1) is 10.2. The van der Waals surface area contributed by atoms with Gasteiger partial charge in [-0.3, -0.25) is 4.79 Å². The molecule has 1 aromatic heterocycles. The van der Waals surface area contributed by atoms with Gasteiger partial charge in [0.1, 0.15) is 0 Å². The fourth-order valence-electron chi connectivity index (χ4n) is 1.56. The van der Waals surface area contributed by atoms with Gasteiger partial charge in [-0.15, -0.1) is 0 Å². The number of hydrogen-bond donors (Lipinski definition) is 1. The summed E-state index contributed by atoms with van der Waals surface area (Å²) in [5.74, 6) is 0. The zero-order valence-electron chi connectivity index (χ0n) is 8.83. The van der Waals surface area contributed by atoms with Gasteiger partial charge in [0.15, 0.2) is 0 Å². The van der Waals surface area contributed by atoms with E-state index in [-0.39, 0.29) is 4.87 Å². The van der Waals surface area contributed by atoms with Gasteiger partial charge in [-0.1, -0.05) is 48.1 Å².